The zero-order chi connectivity index (χ0) is 9.97. The molecular formula is C8H5Cl2N3S. The summed E-state index contributed by atoms with van der Waals surface area (Å²) in [6.45, 7) is 0. The first kappa shape index (κ1) is 9.71. The number of anilines is 2. The van der Waals surface area contributed by atoms with Crippen LogP contribution in [0, 0.1) is 0 Å². The second kappa shape index (κ2) is 4.13. The van der Waals surface area contributed by atoms with E-state index in [0.717, 1.165) is 5.69 Å². The van der Waals surface area contributed by atoms with E-state index >= 15 is 0 Å². The van der Waals surface area contributed by atoms with Gasteiger partial charge in [-0.25, -0.2) is 0 Å². The van der Waals surface area contributed by atoms with E-state index in [0.29, 0.717) is 10.2 Å². The quantitative estimate of drug-likeness (QED) is 0.879. The second-order valence-electron chi connectivity index (χ2n) is 2.50. The van der Waals surface area contributed by atoms with Gasteiger partial charge in [0.1, 0.15) is 0 Å². The molecule has 0 saturated heterocycles. The Morgan fingerprint density at radius 1 is 1.29 bits per heavy atom. The molecule has 1 aromatic carbocycles. The van der Waals surface area contributed by atoms with E-state index in [1.54, 1.807) is 12.1 Å². The molecule has 0 aliphatic carbocycles. The fourth-order valence-electron chi connectivity index (χ4n) is 0.946. The molecule has 0 spiro atoms. The van der Waals surface area contributed by atoms with E-state index in [1.165, 1.54) is 11.5 Å². The largest absolute Gasteiger partial charge is 0.330 e. The molecule has 0 aliphatic heterocycles. The smallest absolute Gasteiger partial charge is 0.236 e. The molecule has 1 N–H and O–H groups in total. The van der Waals surface area contributed by atoms with Crippen molar-refractivity contribution in [1.82, 2.24) is 9.36 Å². The Morgan fingerprint density at radius 2 is 2.14 bits per heavy atom. The van der Waals surface area contributed by atoms with Crippen molar-refractivity contribution in [1.29, 1.82) is 0 Å². The van der Waals surface area contributed by atoms with E-state index in [4.69, 9.17) is 23.2 Å². The maximum absolute atomic E-state index is 5.82. The number of nitrogens with one attached hydrogen (secondary N) is 1. The van der Waals surface area contributed by atoms with E-state index in [2.05, 4.69) is 14.7 Å². The van der Waals surface area contributed by atoms with Crippen LogP contribution in [0.5, 0.6) is 0 Å². The molecule has 0 bridgehead atoms. The van der Waals surface area contributed by atoms with Crippen molar-refractivity contribution in [3.63, 3.8) is 0 Å². The summed E-state index contributed by atoms with van der Waals surface area (Å²) in [6, 6.07) is 7.35. The summed E-state index contributed by atoms with van der Waals surface area (Å²) in [6.07, 6.45) is 0. The molecule has 0 aliphatic rings. The molecule has 3 nitrogen and oxygen atoms in total. The fourth-order valence-corrected chi connectivity index (χ4v) is 1.87. The monoisotopic (exact) mass is 245 g/mol. The molecule has 6 heteroatoms. The molecule has 72 valence electrons. The molecule has 0 radical (unpaired) electrons. The highest BCUT2D eigenvalue weighted by Crippen LogP contribution is 2.22. The maximum Gasteiger partial charge on any atom is 0.236 e. The lowest BCUT2D eigenvalue weighted by Crippen LogP contribution is -1.88. The number of nitrogens with zero attached hydrogens (tertiary/aromatic N) is 2. The lowest BCUT2D eigenvalue weighted by atomic mass is 10.3. The van der Waals surface area contributed by atoms with Crippen molar-refractivity contribution < 1.29 is 0 Å². The van der Waals surface area contributed by atoms with Crippen LogP contribution in [-0.4, -0.2) is 9.36 Å². The lowest BCUT2D eigenvalue weighted by Gasteiger charge is -2.00. The Kier molecular flexibility index (Phi) is 2.86. The minimum Gasteiger partial charge on any atom is -0.330 e. The number of rotatable bonds is 2. The van der Waals surface area contributed by atoms with Gasteiger partial charge in [-0.05, 0) is 29.8 Å². The summed E-state index contributed by atoms with van der Waals surface area (Å²) < 4.78 is 3.84. The first-order valence-electron chi connectivity index (χ1n) is 3.76. The molecule has 1 heterocycles. The zero-order valence-corrected chi connectivity index (χ0v) is 9.20. The number of aromatic nitrogens is 2. The molecule has 0 saturated carbocycles. The molecule has 0 unspecified atom stereocenters. The van der Waals surface area contributed by atoms with Gasteiger partial charge in [-0.15, -0.1) is 0 Å². The van der Waals surface area contributed by atoms with Crippen LogP contribution >= 0.6 is 34.7 Å². The number of hydrogen-bond donors (Lipinski definition) is 1. The Bertz CT molecular complexity index is 444. The zero-order valence-electron chi connectivity index (χ0n) is 6.87. The number of halogens is 2. The van der Waals surface area contributed by atoms with Crippen LogP contribution in [0.4, 0.5) is 10.8 Å². The van der Waals surface area contributed by atoms with Crippen molar-refractivity contribution in [3.05, 3.63) is 34.6 Å². The summed E-state index contributed by atoms with van der Waals surface area (Å²) in [5.41, 5.74) is 0.866. The van der Waals surface area contributed by atoms with Gasteiger partial charge in [0.25, 0.3) is 0 Å². The van der Waals surface area contributed by atoms with Gasteiger partial charge in [0.2, 0.25) is 10.4 Å². The predicted molar refractivity (Wildman–Crippen MR) is 59.7 cm³/mol. The standard InChI is InChI=1S/C8H5Cl2N3S/c9-5-2-1-3-6(4-5)11-8-12-7(10)13-14-8/h1-4H,(H,11,12,13). The van der Waals surface area contributed by atoms with Gasteiger partial charge in [0, 0.05) is 22.2 Å². The third kappa shape index (κ3) is 2.35. The molecule has 2 rings (SSSR count). The van der Waals surface area contributed by atoms with Crippen LogP contribution in [0.1, 0.15) is 0 Å². The Hall–Kier alpha value is -0.840. The van der Waals surface area contributed by atoms with Crippen LogP contribution in [0.25, 0.3) is 0 Å². The SMILES string of the molecule is Clc1cccc(Nc2nc(Cl)ns2)c1. The van der Waals surface area contributed by atoms with Gasteiger partial charge < -0.3 is 5.32 Å². The summed E-state index contributed by atoms with van der Waals surface area (Å²) in [7, 11) is 0. The second-order valence-corrected chi connectivity index (χ2v) is 4.03. The first-order chi connectivity index (χ1) is 6.74. The number of hydrogen-bond acceptors (Lipinski definition) is 4. The molecule has 1 aromatic heterocycles. The van der Waals surface area contributed by atoms with Gasteiger partial charge in [0.05, 0.1) is 0 Å². The minimum atomic E-state index is 0.250. The molecule has 0 fully saturated rings. The first-order valence-corrected chi connectivity index (χ1v) is 5.29. The summed E-state index contributed by atoms with van der Waals surface area (Å²) in [4.78, 5) is 3.95. The van der Waals surface area contributed by atoms with Crippen molar-refractivity contribution in [2.45, 2.75) is 0 Å². The van der Waals surface area contributed by atoms with Crippen LogP contribution in [0.2, 0.25) is 10.3 Å². The summed E-state index contributed by atoms with van der Waals surface area (Å²) in [5.74, 6) is 0. The van der Waals surface area contributed by atoms with Crippen LogP contribution in [0.15, 0.2) is 24.3 Å². The van der Waals surface area contributed by atoms with Gasteiger partial charge in [0.15, 0.2) is 0 Å². The lowest BCUT2D eigenvalue weighted by molar-refractivity contribution is 1.32. The highest BCUT2D eigenvalue weighted by molar-refractivity contribution is 7.10. The van der Waals surface area contributed by atoms with Crippen LogP contribution in [0.3, 0.4) is 0 Å². The van der Waals surface area contributed by atoms with E-state index in [1.807, 2.05) is 12.1 Å². The van der Waals surface area contributed by atoms with Crippen molar-refractivity contribution in [3.8, 4) is 0 Å². The molecule has 2 aromatic rings. The Balaban J connectivity index is 2.18. The molecule has 0 amide bonds. The highest BCUT2D eigenvalue weighted by atomic mass is 35.5. The molecule has 14 heavy (non-hydrogen) atoms. The number of benzene rings is 1. The van der Waals surface area contributed by atoms with Crippen LogP contribution < -0.4 is 5.32 Å². The summed E-state index contributed by atoms with van der Waals surface area (Å²) in [5, 5.41) is 4.61. The Labute approximate surface area is 94.9 Å². The van der Waals surface area contributed by atoms with E-state index in [9.17, 15) is 0 Å². The average Bonchev–Trinajstić information content (AvgIpc) is 2.51. The summed E-state index contributed by atoms with van der Waals surface area (Å²) >= 11 is 12.6. The third-order valence-corrected chi connectivity index (χ3v) is 2.61. The third-order valence-electron chi connectivity index (χ3n) is 1.48. The molecular weight excluding hydrogens is 241 g/mol. The van der Waals surface area contributed by atoms with Crippen molar-refractivity contribution in [2.75, 3.05) is 5.32 Å². The van der Waals surface area contributed by atoms with Gasteiger partial charge in [-0.3, -0.25) is 0 Å². The normalized spacial score (nSPS) is 10.1. The van der Waals surface area contributed by atoms with Crippen molar-refractivity contribution >= 4 is 45.6 Å². The van der Waals surface area contributed by atoms with Gasteiger partial charge >= 0.3 is 0 Å². The minimum absolute atomic E-state index is 0.250. The van der Waals surface area contributed by atoms with E-state index < -0.39 is 0 Å². The van der Waals surface area contributed by atoms with Crippen molar-refractivity contribution in [2.24, 2.45) is 0 Å². The molecule has 0 atom stereocenters. The highest BCUT2D eigenvalue weighted by Gasteiger charge is 2.01. The Morgan fingerprint density at radius 3 is 2.79 bits per heavy atom. The maximum atomic E-state index is 5.82. The van der Waals surface area contributed by atoms with Gasteiger partial charge in [-0.2, -0.15) is 9.36 Å². The van der Waals surface area contributed by atoms with Gasteiger partial charge in [-0.1, -0.05) is 17.7 Å². The fraction of sp³-hybridized carbons (Fsp3) is 0. The average molecular weight is 246 g/mol. The predicted octanol–water partition coefficient (Wildman–Crippen LogP) is 3.59. The van der Waals surface area contributed by atoms with Crippen LogP contribution in [-0.2, 0) is 0 Å². The van der Waals surface area contributed by atoms with E-state index in [-0.39, 0.29) is 5.28 Å². The topological polar surface area (TPSA) is 37.8 Å².